The van der Waals surface area contributed by atoms with Gasteiger partial charge in [-0.3, -0.25) is 9.69 Å². The van der Waals surface area contributed by atoms with E-state index >= 15 is 0 Å². The first-order valence-corrected chi connectivity index (χ1v) is 9.69. The average Bonchev–Trinajstić information content (AvgIpc) is 2.50. The fourth-order valence-corrected chi connectivity index (χ4v) is 3.62. The molecular formula is C20H40N2O3. The molecule has 0 aromatic carbocycles. The molecule has 1 rings (SSSR count). The van der Waals surface area contributed by atoms with Crippen molar-refractivity contribution >= 4 is 5.91 Å². The van der Waals surface area contributed by atoms with Crippen LogP contribution in [-0.2, 0) is 14.3 Å². The second-order valence-corrected chi connectivity index (χ2v) is 9.24. The van der Waals surface area contributed by atoms with Gasteiger partial charge < -0.3 is 14.4 Å². The number of ether oxygens (including phenoxy) is 2. The highest BCUT2D eigenvalue weighted by molar-refractivity contribution is 5.77. The van der Waals surface area contributed by atoms with Crippen LogP contribution in [0.4, 0.5) is 0 Å². The van der Waals surface area contributed by atoms with E-state index in [0.717, 1.165) is 39.2 Å². The fraction of sp³-hybridized carbons (Fsp3) is 0.950. The van der Waals surface area contributed by atoms with E-state index in [1.807, 2.05) is 18.7 Å². The third-order valence-electron chi connectivity index (χ3n) is 4.75. The van der Waals surface area contributed by atoms with Crippen LogP contribution in [0.25, 0.3) is 0 Å². The predicted molar refractivity (Wildman–Crippen MR) is 103 cm³/mol. The zero-order chi connectivity index (χ0) is 19.3. The van der Waals surface area contributed by atoms with Crippen LogP contribution in [-0.4, -0.2) is 72.8 Å². The minimum Gasteiger partial charge on any atom is -0.378 e. The molecule has 0 aliphatic carbocycles. The maximum absolute atomic E-state index is 12.2. The highest BCUT2D eigenvalue weighted by Crippen LogP contribution is 2.33. The lowest BCUT2D eigenvalue weighted by atomic mass is 9.79. The van der Waals surface area contributed by atoms with Crippen LogP contribution in [0.15, 0.2) is 0 Å². The maximum Gasteiger partial charge on any atom is 0.248 e. The van der Waals surface area contributed by atoms with E-state index < -0.39 is 0 Å². The maximum atomic E-state index is 12.2. The van der Waals surface area contributed by atoms with Crippen molar-refractivity contribution in [3.63, 3.8) is 0 Å². The fourth-order valence-electron chi connectivity index (χ4n) is 3.62. The molecule has 0 atom stereocenters. The molecular weight excluding hydrogens is 316 g/mol. The van der Waals surface area contributed by atoms with Gasteiger partial charge in [0.1, 0.15) is 6.61 Å². The van der Waals surface area contributed by atoms with Gasteiger partial charge in [-0.15, -0.1) is 0 Å². The van der Waals surface area contributed by atoms with Crippen molar-refractivity contribution in [3.05, 3.63) is 0 Å². The Bertz CT molecular complexity index is 411. The second kappa shape index (κ2) is 9.33. The topological polar surface area (TPSA) is 42.0 Å². The first kappa shape index (κ1) is 22.4. The quantitative estimate of drug-likeness (QED) is 0.636. The van der Waals surface area contributed by atoms with Gasteiger partial charge in [-0.1, -0.05) is 13.8 Å². The number of piperazine rings is 1. The summed E-state index contributed by atoms with van der Waals surface area (Å²) >= 11 is 0. The minimum absolute atomic E-state index is 0.0907. The second-order valence-electron chi connectivity index (χ2n) is 9.24. The van der Waals surface area contributed by atoms with Crippen molar-refractivity contribution < 1.29 is 14.3 Å². The molecule has 1 saturated heterocycles. The Balaban J connectivity index is 2.50. The Morgan fingerprint density at radius 3 is 1.92 bits per heavy atom. The average molecular weight is 357 g/mol. The largest absolute Gasteiger partial charge is 0.378 e. The van der Waals surface area contributed by atoms with Gasteiger partial charge in [-0.2, -0.15) is 0 Å². The Labute approximate surface area is 155 Å². The van der Waals surface area contributed by atoms with E-state index in [-0.39, 0.29) is 35.7 Å². The van der Waals surface area contributed by atoms with E-state index in [1.165, 1.54) is 0 Å². The number of amides is 1. The van der Waals surface area contributed by atoms with Crippen LogP contribution in [0, 0.1) is 5.41 Å². The number of carbonyl (C=O) groups is 1. The molecule has 1 aliphatic rings. The SMILES string of the molecule is CC(C)OCC(=O)N1CCN(C(C)(C)CC(C)(C)COC(C)C)CC1. The normalized spacial score (nSPS) is 17.6. The molecule has 148 valence electrons. The van der Waals surface area contributed by atoms with Crippen LogP contribution in [0.5, 0.6) is 0 Å². The Morgan fingerprint density at radius 1 is 0.920 bits per heavy atom. The molecule has 1 aliphatic heterocycles. The zero-order valence-electron chi connectivity index (χ0n) is 17.7. The van der Waals surface area contributed by atoms with Crippen molar-refractivity contribution in [2.24, 2.45) is 5.41 Å². The number of nitrogens with zero attached hydrogens (tertiary/aromatic N) is 2. The van der Waals surface area contributed by atoms with Crippen molar-refractivity contribution in [2.75, 3.05) is 39.4 Å². The summed E-state index contributed by atoms with van der Waals surface area (Å²) in [6, 6.07) is 0. The summed E-state index contributed by atoms with van der Waals surface area (Å²) in [5, 5.41) is 0. The summed E-state index contributed by atoms with van der Waals surface area (Å²) < 4.78 is 11.3. The Morgan fingerprint density at radius 2 is 1.44 bits per heavy atom. The molecule has 5 nitrogen and oxygen atoms in total. The van der Waals surface area contributed by atoms with Crippen molar-refractivity contribution in [3.8, 4) is 0 Å². The highest BCUT2D eigenvalue weighted by Gasteiger charge is 2.36. The van der Waals surface area contributed by atoms with Crippen LogP contribution >= 0.6 is 0 Å². The van der Waals surface area contributed by atoms with Crippen LogP contribution in [0.3, 0.4) is 0 Å². The molecule has 0 saturated carbocycles. The Hall–Kier alpha value is -0.650. The van der Waals surface area contributed by atoms with Gasteiger partial charge in [0.2, 0.25) is 5.91 Å². The van der Waals surface area contributed by atoms with E-state index in [2.05, 4.69) is 46.4 Å². The molecule has 25 heavy (non-hydrogen) atoms. The predicted octanol–water partition coefficient (Wildman–Crippen LogP) is 3.18. The molecule has 1 fully saturated rings. The molecule has 1 amide bonds. The summed E-state index contributed by atoms with van der Waals surface area (Å²) in [7, 11) is 0. The lowest BCUT2D eigenvalue weighted by Gasteiger charge is -2.47. The van der Waals surface area contributed by atoms with Gasteiger partial charge in [0.05, 0.1) is 18.8 Å². The summed E-state index contributed by atoms with van der Waals surface area (Å²) in [5.41, 5.74) is 0.221. The van der Waals surface area contributed by atoms with Gasteiger partial charge in [-0.05, 0) is 53.4 Å². The molecule has 0 spiro atoms. The molecule has 0 N–H and O–H groups in total. The number of rotatable bonds is 9. The highest BCUT2D eigenvalue weighted by atomic mass is 16.5. The number of hydrogen-bond donors (Lipinski definition) is 0. The number of hydrogen-bond acceptors (Lipinski definition) is 4. The minimum atomic E-state index is 0.0907. The van der Waals surface area contributed by atoms with Crippen LogP contribution in [0.2, 0.25) is 0 Å². The number of carbonyl (C=O) groups excluding carboxylic acids is 1. The first-order valence-electron chi connectivity index (χ1n) is 9.69. The molecule has 5 heteroatoms. The van der Waals surface area contributed by atoms with Crippen LogP contribution in [0.1, 0.15) is 61.8 Å². The van der Waals surface area contributed by atoms with Gasteiger partial charge in [0, 0.05) is 31.7 Å². The van der Waals surface area contributed by atoms with Crippen LogP contribution < -0.4 is 0 Å². The molecule has 0 radical (unpaired) electrons. The van der Waals surface area contributed by atoms with E-state index in [4.69, 9.17) is 9.47 Å². The van der Waals surface area contributed by atoms with Gasteiger partial charge >= 0.3 is 0 Å². The molecule has 1 heterocycles. The molecule has 0 aromatic heterocycles. The summed E-state index contributed by atoms with van der Waals surface area (Å²) in [5.74, 6) is 0.108. The summed E-state index contributed by atoms with van der Waals surface area (Å²) in [6.45, 7) is 21.6. The lowest BCUT2D eigenvalue weighted by molar-refractivity contribution is -0.140. The molecule has 0 unspecified atom stereocenters. The van der Waals surface area contributed by atoms with Crippen molar-refractivity contribution in [2.45, 2.75) is 79.6 Å². The van der Waals surface area contributed by atoms with E-state index in [9.17, 15) is 4.79 Å². The third-order valence-corrected chi connectivity index (χ3v) is 4.75. The van der Waals surface area contributed by atoms with Crippen molar-refractivity contribution in [1.29, 1.82) is 0 Å². The van der Waals surface area contributed by atoms with E-state index in [0.29, 0.717) is 0 Å². The third kappa shape index (κ3) is 8.06. The smallest absolute Gasteiger partial charge is 0.248 e. The molecule has 0 aromatic rings. The standard InChI is InChI=1S/C20H40N2O3/c1-16(2)24-13-18(23)21-9-11-22(12-10-21)20(7,8)14-19(5,6)15-25-17(3)4/h16-17H,9-15H2,1-8H3. The van der Waals surface area contributed by atoms with Gasteiger partial charge in [0.25, 0.3) is 0 Å². The van der Waals surface area contributed by atoms with Gasteiger partial charge in [-0.25, -0.2) is 0 Å². The molecule has 0 bridgehead atoms. The first-order chi connectivity index (χ1) is 11.4. The Kier molecular flexibility index (Phi) is 8.36. The summed E-state index contributed by atoms with van der Waals surface area (Å²) in [6.07, 6.45) is 1.43. The van der Waals surface area contributed by atoms with Crippen molar-refractivity contribution in [1.82, 2.24) is 9.80 Å². The monoisotopic (exact) mass is 356 g/mol. The lowest BCUT2D eigenvalue weighted by Crippen LogP contribution is -2.57. The van der Waals surface area contributed by atoms with Gasteiger partial charge in [0.15, 0.2) is 0 Å². The zero-order valence-corrected chi connectivity index (χ0v) is 17.7. The summed E-state index contributed by atoms with van der Waals surface area (Å²) in [4.78, 5) is 16.6. The van der Waals surface area contributed by atoms with E-state index in [1.54, 1.807) is 0 Å².